The summed E-state index contributed by atoms with van der Waals surface area (Å²) in [4.78, 5) is 6.38. The number of benzene rings is 1. The zero-order valence-electron chi connectivity index (χ0n) is 12.1. The molecule has 1 aromatic carbocycles. The van der Waals surface area contributed by atoms with Crippen LogP contribution in [-0.4, -0.2) is 26.8 Å². The van der Waals surface area contributed by atoms with Crippen LogP contribution in [-0.2, 0) is 13.6 Å². The molecule has 0 saturated carbocycles. The first-order valence-corrected chi connectivity index (χ1v) is 6.81. The van der Waals surface area contributed by atoms with E-state index in [2.05, 4.69) is 15.2 Å². The fourth-order valence-corrected chi connectivity index (χ4v) is 2.30. The number of aromatic nitrogens is 4. The van der Waals surface area contributed by atoms with Gasteiger partial charge in [-0.3, -0.25) is 9.55 Å². The zero-order valence-corrected chi connectivity index (χ0v) is 12.1. The molecule has 0 radical (unpaired) electrons. The van der Waals surface area contributed by atoms with Crippen molar-refractivity contribution in [1.82, 2.24) is 19.7 Å². The Morgan fingerprint density at radius 1 is 1.00 bits per heavy atom. The predicted octanol–water partition coefficient (Wildman–Crippen LogP) is 2.51. The summed E-state index contributed by atoms with van der Waals surface area (Å²) in [6, 6.07) is 16.0. The van der Waals surface area contributed by atoms with Crippen molar-refractivity contribution >= 4 is 5.95 Å². The first kappa shape index (κ1) is 13.3. The molecule has 21 heavy (non-hydrogen) atoms. The Hall–Kier alpha value is -2.69. The third-order valence-electron chi connectivity index (χ3n) is 3.35. The molecule has 5 nitrogen and oxygen atoms in total. The molecule has 0 N–H and O–H groups in total. The molecular formula is C16H17N5. The minimum absolute atomic E-state index is 0.696. The van der Waals surface area contributed by atoms with Gasteiger partial charge in [-0.05, 0) is 12.1 Å². The maximum Gasteiger partial charge on any atom is 0.227 e. The summed E-state index contributed by atoms with van der Waals surface area (Å²) in [6.07, 6.45) is 1.80. The summed E-state index contributed by atoms with van der Waals surface area (Å²) in [5.74, 6) is 1.68. The Bertz CT molecular complexity index is 706. The van der Waals surface area contributed by atoms with Crippen molar-refractivity contribution in [3.8, 4) is 11.4 Å². The highest BCUT2D eigenvalue weighted by Gasteiger charge is 2.14. The average Bonchev–Trinajstić information content (AvgIpc) is 2.91. The predicted molar refractivity (Wildman–Crippen MR) is 82.8 cm³/mol. The molecule has 0 atom stereocenters. The highest BCUT2D eigenvalue weighted by Crippen LogP contribution is 2.20. The zero-order chi connectivity index (χ0) is 14.7. The van der Waals surface area contributed by atoms with Crippen molar-refractivity contribution in [3.63, 3.8) is 0 Å². The van der Waals surface area contributed by atoms with E-state index in [1.807, 2.05) is 72.1 Å². The molecule has 0 fully saturated rings. The number of rotatable bonds is 4. The maximum absolute atomic E-state index is 4.34. The topological polar surface area (TPSA) is 46.8 Å². The minimum atomic E-state index is 0.696. The van der Waals surface area contributed by atoms with Crippen LogP contribution >= 0.6 is 0 Å². The number of pyridine rings is 1. The Balaban J connectivity index is 1.85. The van der Waals surface area contributed by atoms with E-state index in [-0.39, 0.29) is 0 Å². The molecule has 0 unspecified atom stereocenters. The molecule has 0 aliphatic carbocycles. The van der Waals surface area contributed by atoms with Gasteiger partial charge in [0.25, 0.3) is 0 Å². The van der Waals surface area contributed by atoms with E-state index in [9.17, 15) is 0 Å². The van der Waals surface area contributed by atoms with E-state index >= 15 is 0 Å². The van der Waals surface area contributed by atoms with Crippen LogP contribution in [0.4, 0.5) is 5.95 Å². The van der Waals surface area contributed by atoms with E-state index < -0.39 is 0 Å². The van der Waals surface area contributed by atoms with Crippen molar-refractivity contribution in [3.05, 3.63) is 60.4 Å². The molecule has 3 aromatic rings. The third-order valence-corrected chi connectivity index (χ3v) is 3.35. The van der Waals surface area contributed by atoms with Gasteiger partial charge in [-0.15, -0.1) is 10.2 Å². The molecule has 106 valence electrons. The molecule has 0 amide bonds. The lowest BCUT2D eigenvalue weighted by Crippen LogP contribution is -2.20. The van der Waals surface area contributed by atoms with Gasteiger partial charge in [-0.25, -0.2) is 0 Å². The minimum Gasteiger partial charge on any atom is -0.338 e. The van der Waals surface area contributed by atoms with Crippen LogP contribution < -0.4 is 4.90 Å². The van der Waals surface area contributed by atoms with Gasteiger partial charge >= 0.3 is 0 Å². The standard InChI is InChI=1S/C16H17N5/c1-20(12-14-10-6-7-11-17-14)16-19-18-15(21(16)2)13-8-4-3-5-9-13/h3-11H,12H2,1-2H3. The SMILES string of the molecule is CN(Cc1ccccn1)c1nnc(-c2ccccc2)n1C. The van der Waals surface area contributed by atoms with Gasteiger partial charge in [-0.2, -0.15) is 0 Å². The van der Waals surface area contributed by atoms with Crippen LogP contribution in [0.2, 0.25) is 0 Å². The van der Waals surface area contributed by atoms with Crippen molar-refractivity contribution in [2.45, 2.75) is 6.54 Å². The molecule has 2 aromatic heterocycles. The highest BCUT2D eigenvalue weighted by molar-refractivity contribution is 5.57. The van der Waals surface area contributed by atoms with Gasteiger partial charge in [0.2, 0.25) is 5.95 Å². The smallest absolute Gasteiger partial charge is 0.227 e. The summed E-state index contributed by atoms with van der Waals surface area (Å²) in [6.45, 7) is 0.696. The van der Waals surface area contributed by atoms with Crippen LogP contribution in [0.1, 0.15) is 5.69 Å². The summed E-state index contributed by atoms with van der Waals surface area (Å²) in [7, 11) is 3.97. The molecule has 0 bridgehead atoms. The summed E-state index contributed by atoms with van der Waals surface area (Å²) in [5.41, 5.74) is 2.06. The van der Waals surface area contributed by atoms with E-state index in [1.54, 1.807) is 6.20 Å². The van der Waals surface area contributed by atoms with Gasteiger partial charge in [0, 0.05) is 25.9 Å². The van der Waals surface area contributed by atoms with Crippen LogP contribution in [0, 0.1) is 0 Å². The maximum atomic E-state index is 4.34. The Labute approximate surface area is 123 Å². The Morgan fingerprint density at radius 2 is 1.76 bits per heavy atom. The Morgan fingerprint density at radius 3 is 2.48 bits per heavy atom. The molecule has 3 rings (SSSR count). The van der Waals surface area contributed by atoms with Gasteiger partial charge in [0.1, 0.15) is 0 Å². The Kier molecular flexibility index (Phi) is 3.64. The summed E-state index contributed by atoms with van der Waals surface area (Å²) >= 11 is 0. The van der Waals surface area contributed by atoms with E-state index in [4.69, 9.17) is 0 Å². The normalized spacial score (nSPS) is 10.6. The molecule has 5 heteroatoms. The largest absolute Gasteiger partial charge is 0.338 e. The first-order valence-electron chi connectivity index (χ1n) is 6.81. The lowest BCUT2D eigenvalue weighted by atomic mass is 10.2. The fraction of sp³-hybridized carbons (Fsp3) is 0.188. The van der Waals surface area contributed by atoms with E-state index in [0.29, 0.717) is 6.54 Å². The second-order valence-electron chi connectivity index (χ2n) is 4.93. The second kappa shape index (κ2) is 5.75. The molecule has 0 aliphatic rings. The van der Waals surface area contributed by atoms with Gasteiger partial charge in [-0.1, -0.05) is 36.4 Å². The van der Waals surface area contributed by atoms with Crippen LogP contribution in [0.3, 0.4) is 0 Å². The van der Waals surface area contributed by atoms with Crippen molar-refractivity contribution < 1.29 is 0 Å². The number of hydrogen-bond donors (Lipinski definition) is 0. The van der Waals surface area contributed by atoms with Crippen LogP contribution in [0.15, 0.2) is 54.7 Å². The van der Waals surface area contributed by atoms with E-state index in [1.165, 1.54) is 0 Å². The van der Waals surface area contributed by atoms with E-state index in [0.717, 1.165) is 23.0 Å². The summed E-state index contributed by atoms with van der Waals surface area (Å²) in [5, 5.41) is 8.60. The van der Waals surface area contributed by atoms with Crippen LogP contribution in [0.25, 0.3) is 11.4 Å². The lowest BCUT2D eigenvalue weighted by molar-refractivity contribution is 0.794. The molecule has 0 spiro atoms. The number of anilines is 1. The number of nitrogens with zero attached hydrogens (tertiary/aromatic N) is 5. The fourth-order valence-electron chi connectivity index (χ4n) is 2.30. The van der Waals surface area contributed by atoms with Gasteiger partial charge in [0.05, 0.1) is 12.2 Å². The summed E-state index contributed by atoms with van der Waals surface area (Å²) < 4.78 is 2.00. The molecule has 2 heterocycles. The van der Waals surface area contributed by atoms with Crippen molar-refractivity contribution in [2.24, 2.45) is 7.05 Å². The quantitative estimate of drug-likeness (QED) is 0.736. The van der Waals surface area contributed by atoms with Crippen molar-refractivity contribution in [2.75, 3.05) is 11.9 Å². The van der Waals surface area contributed by atoms with Gasteiger partial charge in [0.15, 0.2) is 5.82 Å². The van der Waals surface area contributed by atoms with Crippen molar-refractivity contribution in [1.29, 1.82) is 0 Å². The lowest BCUT2D eigenvalue weighted by Gasteiger charge is -2.17. The first-order chi connectivity index (χ1) is 10.3. The molecule has 0 aliphatic heterocycles. The number of hydrogen-bond acceptors (Lipinski definition) is 4. The molecule has 0 saturated heterocycles. The monoisotopic (exact) mass is 279 g/mol. The third kappa shape index (κ3) is 2.76. The van der Waals surface area contributed by atoms with Gasteiger partial charge < -0.3 is 4.90 Å². The van der Waals surface area contributed by atoms with Crippen LogP contribution in [0.5, 0.6) is 0 Å². The average molecular weight is 279 g/mol. The second-order valence-corrected chi connectivity index (χ2v) is 4.93. The highest BCUT2D eigenvalue weighted by atomic mass is 15.4. The molecular weight excluding hydrogens is 262 g/mol.